The van der Waals surface area contributed by atoms with Crippen LogP contribution in [0, 0.1) is 0 Å². The lowest BCUT2D eigenvalue weighted by Gasteiger charge is -2.11. The number of oxazole rings is 1. The normalized spacial score (nSPS) is 12.3. The summed E-state index contributed by atoms with van der Waals surface area (Å²) in [5.41, 5.74) is 0.563. The third kappa shape index (κ3) is 3.13. The van der Waals surface area contributed by atoms with E-state index in [2.05, 4.69) is 5.32 Å². The summed E-state index contributed by atoms with van der Waals surface area (Å²) in [5, 5.41) is 11.7. The summed E-state index contributed by atoms with van der Waals surface area (Å²) in [4.78, 5) is 34.5. The lowest BCUT2D eigenvalue weighted by Crippen LogP contribution is -2.36. The van der Waals surface area contributed by atoms with E-state index in [-0.39, 0.29) is 29.6 Å². The molecule has 1 atom stereocenters. The Hall–Kier alpha value is -2.57. The van der Waals surface area contributed by atoms with Gasteiger partial charge in [0, 0.05) is 6.04 Å². The molecule has 1 aromatic heterocycles. The summed E-state index contributed by atoms with van der Waals surface area (Å²) in [6.07, 6.45) is 0.786. The summed E-state index contributed by atoms with van der Waals surface area (Å²) >= 11 is 0. The van der Waals surface area contributed by atoms with Crippen molar-refractivity contribution in [1.29, 1.82) is 0 Å². The number of amides is 1. The zero-order valence-corrected chi connectivity index (χ0v) is 11.8. The molecule has 112 valence electrons. The van der Waals surface area contributed by atoms with Crippen molar-refractivity contribution >= 4 is 23.0 Å². The van der Waals surface area contributed by atoms with Crippen LogP contribution in [0.4, 0.5) is 0 Å². The molecule has 7 nitrogen and oxygen atoms in total. The maximum absolute atomic E-state index is 11.8. The Morgan fingerprint density at radius 2 is 2.14 bits per heavy atom. The van der Waals surface area contributed by atoms with Crippen LogP contribution in [0.2, 0.25) is 0 Å². The molecule has 21 heavy (non-hydrogen) atoms. The molecule has 1 aromatic carbocycles. The minimum absolute atomic E-state index is 0.0185. The molecular formula is C14H16N2O5. The zero-order valence-electron chi connectivity index (χ0n) is 11.8. The van der Waals surface area contributed by atoms with Crippen molar-refractivity contribution in [2.75, 3.05) is 0 Å². The minimum Gasteiger partial charge on any atom is -0.478 e. The monoisotopic (exact) mass is 292 g/mol. The number of fused-ring (bicyclic) bond motifs is 1. The molecule has 0 bridgehead atoms. The van der Waals surface area contributed by atoms with Crippen molar-refractivity contribution in [3.63, 3.8) is 0 Å². The predicted molar refractivity (Wildman–Crippen MR) is 75.3 cm³/mol. The third-order valence-corrected chi connectivity index (χ3v) is 3.24. The number of aromatic carboxylic acids is 1. The molecule has 0 saturated heterocycles. The highest BCUT2D eigenvalue weighted by atomic mass is 16.4. The minimum atomic E-state index is -1.11. The molecule has 2 rings (SSSR count). The lowest BCUT2D eigenvalue weighted by atomic mass is 10.2. The SMILES string of the molecule is CCC(C)NC(=O)Cn1c(=O)oc2cc(C(=O)O)ccc21. The fourth-order valence-electron chi connectivity index (χ4n) is 1.92. The van der Waals surface area contributed by atoms with Crippen molar-refractivity contribution in [2.24, 2.45) is 0 Å². The van der Waals surface area contributed by atoms with E-state index in [1.54, 1.807) is 0 Å². The summed E-state index contributed by atoms with van der Waals surface area (Å²) in [6, 6.07) is 4.11. The number of benzene rings is 1. The fraction of sp³-hybridized carbons (Fsp3) is 0.357. The summed E-state index contributed by atoms with van der Waals surface area (Å²) in [6.45, 7) is 3.65. The van der Waals surface area contributed by atoms with E-state index in [1.165, 1.54) is 22.8 Å². The smallest absolute Gasteiger partial charge is 0.420 e. The molecule has 0 fully saturated rings. The van der Waals surface area contributed by atoms with Gasteiger partial charge in [-0.1, -0.05) is 6.92 Å². The van der Waals surface area contributed by atoms with Crippen LogP contribution in [0.1, 0.15) is 30.6 Å². The number of carbonyl (C=O) groups excluding carboxylic acids is 1. The van der Waals surface area contributed by atoms with Crippen LogP contribution in [0.15, 0.2) is 27.4 Å². The van der Waals surface area contributed by atoms with Crippen LogP contribution in [0.5, 0.6) is 0 Å². The molecule has 0 radical (unpaired) electrons. The Balaban J connectivity index is 2.32. The largest absolute Gasteiger partial charge is 0.478 e. The number of hydrogen-bond acceptors (Lipinski definition) is 4. The average molecular weight is 292 g/mol. The molecule has 0 spiro atoms. The fourth-order valence-corrected chi connectivity index (χ4v) is 1.92. The number of hydrogen-bond donors (Lipinski definition) is 2. The van der Waals surface area contributed by atoms with Gasteiger partial charge in [0.25, 0.3) is 0 Å². The molecule has 0 aliphatic carbocycles. The standard InChI is InChI=1S/C14H16N2O5/c1-3-8(2)15-12(17)7-16-10-5-4-9(13(18)19)6-11(10)21-14(16)20/h4-6,8H,3,7H2,1-2H3,(H,15,17)(H,18,19). The van der Waals surface area contributed by atoms with Crippen LogP contribution in [-0.4, -0.2) is 27.6 Å². The quantitative estimate of drug-likeness (QED) is 0.862. The number of carbonyl (C=O) groups is 2. The molecule has 2 N–H and O–H groups in total. The summed E-state index contributed by atoms with van der Waals surface area (Å²) in [5.74, 6) is -2.09. The number of nitrogens with zero attached hydrogens (tertiary/aromatic N) is 1. The van der Waals surface area contributed by atoms with E-state index in [4.69, 9.17) is 9.52 Å². The van der Waals surface area contributed by atoms with Gasteiger partial charge in [-0.25, -0.2) is 9.59 Å². The molecule has 1 heterocycles. The van der Waals surface area contributed by atoms with E-state index in [1.807, 2.05) is 13.8 Å². The molecule has 0 aliphatic rings. The first kappa shape index (κ1) is 14.8. The van der Waals surface area contributed by atoms with Crippen LogP contribution < -0.4 is 11.1 Å². The number of carboxylic acid groups (broad SMARTS) is 1. The number of aromatic nitrogens is 1. The number of nitrogens with one attached hydrogen (secondary N) is 1. The number of carboxylic acids is 1. The first-order chi connectivity index (χ1) is 9.92. The van der Waals surface area contributed by atoms with Crippen molar-refractivity contribution in [3.8, 4) is 0 Å². The molecule has 1 amide bonds. The molecule has 1 unspecified atom stereocenters. The van der Waals surface area contributed by atoms with Gasteiger partial charge in [-0.15, -0.1) is 0 Å². The van der Waals surface area contributed by atoms with Crippen LogP contribution in [0.25, 0.3) is 11.1 Å². The maximum Gasteiger partial charge on any atom is 0.420 e. The molecular weight excluding hydrogens is 276 g/mol. The second-order valence-corrected chi connectivity index (χ2v) is 4.82. The summed E-state index contributed by atoms with van der Waals surface area (Å²) in [7, 11) is 0. The lowest BCUT2D eigenvalue weighted by molar-refractivity contribution is -0.122. The van der Waals surface area contributed by atoms with Gasteiger partial charge in [-0.3, -0.25) is 9.36 Å². The third-order valence-electron chi connectivity index (χ3n) is 3.24. The van der Waals surface area contributed by atoms with Gasteiger partial charge in [0.1, 0.15) is 6.54 Å². The van der Waals surface area contributed by atoms with E-state index in [9.17, 15) is 14.4 Å². The Bertz CT molecular complexity index is 743. The number of rotatable bonds is 5. The van der Waals surface area contributed by atoms with Gasteiger partial charge < -0.3 is 14.8 Å². The highest BCUT2D eigenvalue weighted by Crippen LogP contribution is 2.15. The second kappa shape index (κ2) is 5.82. The molecule has 2 aromatic rings. The average Bonchev–Trinajstić information content (AvgIpc) is 2.74. The highest BCUT2D eigenvalue weighted by Gasteiger charge is 2.15. The van der Waals surface area contributed by atoms with Crippen LogP contribution in [-0.2, 0) is 11.3 Å². The van der Waals surface area contributed by atoms with Crippen LogP contribution >= 0.6 is 0 Å². The van der Waals surface area contributed by atoms with Gasteiger partial charge in [0.15, 0.2) is 5.58 Å². The maximum atomic E-state index is 11.8. The Morgan fingerprint density at radius 1 is 1.43 bits per heavy atom. The van der Waals surface area contributed by atoms with Crippen molar-refractivity contribution in [2.45, 2.75) is 32.9 Å². The second-order valence-electron chi connectivity index (χ2n) is 4.82. The molecule has 7 heteroatoms. The highest BCUT2D eigenvalue weighted by molar-refractivity contribution is 5.92. The molecule has 0 aliphatic heterocycles. The van der Waals surface area contributed by atoms with E-state index in [0.717, 1.165) is 6.42 Å². The van der Waals surface area contributed by atoms with Gasteiger partial charge in [0.05, 0.1) is 11.1 Å². The van der Waals surface area contributed by atoms with Crippen molar-refractivity contribution in [3.05, 3.63) is 34.3 Å². The van der Waals surface area contributed by atoms with E-state index >= 15 is 0 Å². The van der Waals surface area contributed by atoms with E-state index < -0.39 is 11.7 Å². The van der Waals surface area contributed by atoms with Crippen LogP contribution in [0.3, 0.4) is 0 Å². The topological polar surface area (TPSA) is 102 Å². The zero-order chi connectivity index (χ0) is 15.6. The van der Waals surface area contributed by atoms with E-state index in [0.29, 0.717) is 5.52 Å². The molecule has 0 saturated carbocycles. The van der Waals surface area contributed by atoms with Crippen molar-refractivity contribution < 1.29 is 19.1 Å². The summed E-state index contributed by atoms with van der Waals surface area (Å²) < 4.78 is 6.17. The first-order valence-electron chi connectivity index (χ1n) is 6.58. The van der Waals surface area contributed by atoms with Crippen molar-refractivity contribution in [1.82, 2.24) is 9.88 Å². The Labute approximate surface area is 120 Å². The van der Waals surface area contributed by atoms with Gasteiger partial charge in [-0.2, -0.15) is 0 Å². The first-order valence-corrected chi connectivity index (χ1v) is 6.58. The van der Waals surface area contributed by atoms with Gasteiger partial charge in [0.2, 0.25) is 5.91 Å². The van der Waals surface area contributed by atoms with Gasteiger partial charge in [-0.05, 0) is 31.5 Å². The Kier molecular flexibility index (Phi) is 4.11. The van der Waals surface area contributed by atoms with Gasteiger partial charge >= 0.3 is 11.7 Å². The predicted octanol–water partition coefficient (Wildman–Crippen LogP) is 1.21. The Morgan fingerprint density at radius 3 is 2.76 bits per heavy atom.